The second kappa shape index (κ2) is 6.72. The second-order valence-electron chi connectivity index (χ2n) is 6.55. The summed E-state index contributed by atoms with van der Waals surface area (Å²) in [5, 5.41) is 10.9. The summed E-state index contributed by atoms with van der Waals surface area (Å²) in [7, 11) is 0. The molecule has 0 unspecified atom stereocenters. The van der Waals surface area contributed by atoms with Crippen molar-refractivity contribution in [1.82, 2.24) is 15.8 Å². The van der Waals surface area contributed by atoms with Crippen molar-refractivity contribution < 1.29 is 4.52 Å². The van der Waals surface area contributed by atoms with Crippen LogP contribution in [0.2, 0.25) is 0 Å². The summed E-state index contributed by atoms with van der Waals surface area (Å²) in [6.07, 6.45) is 0. The molecular formula is C21H19N5O. The molecule has 0 radical (unpaired) electrons. The van der Waals surface area contributed by atoms with Gasteiger partial charge in [0.05, 0.1) is 13.1 Å². The molecule has 2 aliphatic heterocycles. The third kappa shape index (κ3) is 3.10. The summed E-state index contributed by atoms with van der Waals surface area (Å²) in [4.78, 5) is 8.97. The molecule has 27 heavy (non-hydrogen) atoms. The Morgan fingerprint density at radius 3 is 1.93 bits per heavy atom. The molecule has 0 fully saturated rings. The molecule has 0 bridgehead atoms. The predicted octanol–water partition coefficient (Wildman–Crippen LogP) is 2.71. The van der Waals surface area contributed by atoms with Crippen molar-refractivity contribution in [2.24, 2.45) is 9.98 Å². The van der Waals surface area contributed by atoms with Crippen molar-refractivity contribution >= 4 is 11.7 Å². The summed E-state index contributed by atoms with van der Waals surface area (Å²) >= 11 is 0. The number of hydrogen-bond donors (Lipinski definition) is 2. The molecule has 2 aromatic carbocycles. The van der Waals surface area contributed by atoms with E-state index in [1.54, 1.807) is 0 Å². The lowest BCUT2D eigenvalue weighted by Gasteiger charge is -2.04. The van der Waals surface area contributed by atoms with Crippen molar-refractivity contribution in [3.8, 4) is 22.6 Å². The van der Waals surface area contributed by atoms with Crippen molar-refractivity contribution in [2.75, 3.05) is 26.2 Å². The van der Waals surface area contributed by atoms with Crippen LogP contribution in [0.3, 0.4) is 0 Å². The van der Waals surface area contributed by atoms with E-state index in [0.29, 0.717) is 0 Å². The predicted molar refractivity (Wildman–Crippen MR) is 106 cm³/mol. The van der Waals surface area contributed by atoms with E-state index >= 15 is 0 Å². The van der Waals surface area contributed by atoms with Crippen LogP contribution in [0, 0.1) is 0 Å². The van der Waals surface area contributed by atoms with Gasteiger partial charge in [0.25, 0.3) is 0 Å². The molecule has 3 heterocycles. The molecule has 0 aliphatic carbocycles. The molecule has 0 amide bonds. The third-order valence-corrected chi connectivity index (χ3v) is 4.71. The molecule has 0 atom stereocenters. The Morgan fingerprint density at radius 2 is 1.30 bits per heavy atom. The van der Waals surface area contributed by atoms with Crippen molar-refractivity contribution in [3.63, 3.8) is 0 Å². The van der Waals surface area contributed by atoms with Crippen molar-refractivity contribution in [3.05, 3.63) is 65.7 Å². The lowest BCUT2D eigenvalue weighted by Crippen LogP contribution is -2.19. The Bertz CT molecular complexity index is 968. The first kappa shape index (κ1) is 15.8. The van der Waals surface area contributed by atoms with E-state index in [9.17, 15) is 0 Å². The highest BCUT2D eigenvalue weighted by molar-refractivity contribution is 6.01. The van der Waals surface area contributed by atoms with E-state index < -0.39 is 0 Å². The van der Waals surface area contributed by atoms with Gasteiger partial charge in [-0.3, -0.25) is 9.98 Å². The smallest absolute Gasteiger partial charge is 0.167 e. The molecule has 1 aromatic heterocycles. The van der Waals surface area contributed by atoms with Crippen LogP contribution in [0.5, 0.6) is 0 Å². The lowest BCUT2D eigenvalue weighted by atomic mass is 10.0. The molecule has 134 valence electrons. The molecule has 0 spiro atoms. The topological polar surface area (TPSA) is 74.8 Å². The van der Waals surface area contributed by atoms with Gasteiger partial charge in [0.2, 0.25) is 0 Å². The minimum atomic E-state index is 0.743. The number of hydrogen-bond acceptors (Lipinski definition) is 6. The van der Waals surface area contributed by atoms with Crippen LogP contribution in [0.4, 0.5) is 0 Å². The van der Waals surface area contributed by atoms with Crippen LogP contribution in [0.25, 0.3) is 22.6 Å². The molecule has 6 heteroatoms. The van der Waals surface area contributed by atoms with E-state index in [2.05, 4.69) is 50.0 Å². The average molecular weight is 357 g/mol. The zero-order valence-corrected chi connectivity index (χ0v) is 14.8. The average Bonchev–Trinajstić information content (AvgIpc) is 3.51. The summed E-state index contributed by atoms with van der Waals surface area (Å²) < 4.78 is 5.63. The van der Waals surface area contributed by atoms with Crippen molar-refractivity contribution in [2.45, 2.75) is 0 Å². The maximum atomic E-state index is 5.63. The van der Waals surface area contributed by atoms with Gasteiger partial charge in [-0.15, -0.1) is 0 Å². The highest BCUT2D eigenvalue weighted by Gasteiger charge is 2.14. The van der Waals surface area contributed by atoms with Gasteiger partial charge in [0.15, 0.2) is 5.76 Å². The summed E-state index contributed by atoms with van der Waals surface area (Å²) in [6.45, 7) is 3.43. The van der Waals surface area contributed by atoms with Gasteiger partial charge in [0, 0.05) is 41.4 Å². The number of nitrogens with zero attached hydrogens (tertiary/aromatic N) is 3. The number of nitrogens with one attached hydrogen (secondary N) is 2. The minimum absolute atomic E-state index is 0.743. The first-order chi connectivity index (χ1) is 13.4. The Morgan fingerprint density at radius 1 is 0.704 bits per heavy atom. The monoisotopic (exact) mass is 357 g/mol. The van der Waals surface area contributed by atoms with Crippen LogP contribution in [-0.4, -0.2) is 43.0 Å². The molecule has 0 saturated heterocycles. The van der Waals surface area contributed by atoms with Gasteiger partial charge < -0.3 is 15.2 Å². The normalized spacial score (nSPS) is 15.9. The first-order valence-electron chi connectivity index (χ1n) is 9.12. The molecule has 2 aliphatic rings. The maximum Gasteiger partial charge on any atom is 0.167 e. The summed E-state index contributed by atoms with van der Waals surface area (Å²) in [5.41, 5.74) is 4.95. The van der Waals surface area contributed by atoms with Gasteiger partial charge in [-0.1, -0.05) is 41.6 Å². The Kier molecular flexibility index (Phi) is 3.93. The number of benzene rings is 2. The number of amidine groups is 2. The number of rotatable bonds is 4. The molecule has 5 rings (SSSR count). The third-order valence-electron chi connectivity index (χ3n) is 4.71. The number of aliphatic imine (C=N–C) groups is 2. The minimum Gasteiger partial charge on any atom is -0.368 e. The van der Waals surface area contributed by atoms with E-state index in [1.165, 1.54) is 0 Å². The largest absolute Gasteiger partial charge is 0.368 e. The highest BCUT2D eigenvalue weighted by atomic mass is 16.5. The van der Waals surface area contributed by atoms with Gasteiger partial charge in [-0.05, 0) is 12.1 Å². The van der Waals surface area contributed by atoms with E-state index in [1.807, 2.05) is 30.3 Å². The van der Waals surface area contributed by atoms with Gasteiger partial charge in [0.1, 0.15) is 17.4 Å². The second-order valence-corrected chi connectivity index (χ2v) is 6.55. The fraction of sp³-hybridized carbons (Fsp3) is 0.190. The fourth-order valence-electron chi connectivity index (χ4n) is 3.38. The maximum absolute atomic E-state index is 5.63. The fourth-order valence-corrected chi connectivity index (χ4v) is 3.38. The van der Waals surface area contributed by atoms with Crippen LogP contribution in [0.1, 0.15) is 11.1 Å². The molecule has 0 saturated carbocycles. The van der Waals surface area contributed by atoms with Gasteiger partial charge >= 0.3 is 0 Å². The van der Waals surface area contributed by atoms with Crippen LogP contribution < -0.4 is 10.6 Å². The van der Waals surface area contributed by atoms with E-state index in [-0.39, 0.29) is 0 Å². The number of aromatic nitrogens is 1. The Balaban J connectivity index is 1.45. The zero-order valence-electron chi connectivity index (χ0n) is 14.8. The zero-order chi connectivity index (χ0) is 18.1. The lowest BCUT2D eigenvalue weighted by molar-refractivity contribution is 0.435. The SMILES string of the molecule is c1cc(C2=NCCN2)cc(-c2cc(-c3cccc(C4=NCCN4)c3)on2)c1. The van der Waals surface area contributed by atoms with Crippen LogP contribution in [0.15, 0.2) is 69.1 Å². The van der Waals surface area contributed by atoms with E-state index in [0.717, 1.165) is 71.6 Å². The van der Waals surface area contributed by atoms with E-state index in [4.69, 9.17) is 4.52 Å². The Labute approximate surface area is 157 Å². The molecule has 2 N–H and O–H groups in total. The first-order valence-corrected chi connectivity index (χ1v) is 9.12. The van der Waals surface area contributed by atoms with Crippen molar-refractivity contribution in [1.29, 1.82) is 0 Å². The standard InChI is InChI=1S/C21H19N5O/c1-3-14(11-16(5-1)20-22-7-8-23-20)18-13-19(27-26-18)15-4-2-6-17(12-15)21-24-9-10-25-21/h1-6,11-13H,7-10H2,(H,22,23)(H,24,25). The quantitative estimate of drug-likeness (QED) is 0.753. The van der Waals surface area contributed by atoms with Gasteiger partial charge in [-0.2, -0.15) is 0 Å². The molecule has 6 nitrogen and oxygen atoms in total. The van der Waals surface area contributed by atoms with Crippen LogP contribution >= 0.6 is 0 Å². The summed E-state index contributed by atoms with van der Waals surface area (Å²) in [5.74, 6) is 2.62. The molecule has 3 aromatic rings. The Hall–Kier alpha value is -3.41. The van der Waals surface area contributed by atoms with Gasteiger partial charge in [-0.25, -0.2) is 0 Å². The van der Waals surface area contributed by atoms with Crippen LogP contribution in [-0.2, 0) is 0 Å². The molecular weight excluding hydrogens is 338 g/mol. The summed E-state index contributed by atoms with van der Waals surface area (Å²) in [6, 6.07) is 18.3. The highest BCUT2D eigenvalue weighted by Crippen LogP contribution is 2.27.